The van der Waals surface area contributed by atoms with Crippen LogP contribution in [0.2, 0.25) is 0 Å². The maximum absolute atomic E-state index is 12.5. The molecule has 4 heteroatoms. The van der Waals surface area contributed by atoms with Crippen molar-refractivity contribution in [1.82, 2.24) is 0 Å². The summed E-state index contributed by atoms with van der Waals surface area (Å²) in [6.45, 7) is 0. The van der Waals surface area contributed by atoms with Crippen molar-refractivity contribution in [3.8, 4) is 6.07 Å². The summed E-state index contributed by atoms with van der Waals surface area (Å²) in [6.07, 6.45) is 0.629. The summed E-state index contributed by atoms with van der Waals surface area (Å²) in [4.78, 5) is 0. The zero-order chi connectivity index (χ0) is 14.4. The highest BCUT2D eigenvalue weighted by Crippen LogP contribution is 2.57. The van der Waals surface area contributed by atoms with Crippen LogP contribution in [0.3, 0.4) is 0 Å². The second-order valence-corrected chi connectivity index (χ2v) is 6.22. The van der Waals surface area contributed by atoms with E-state index in [2.05, 4.69) is 6.07 Å². The first-order valence-electron chi connectivity index (χ1n) is 7.00. The smallest absolute Gasteiger partial charge is 0.198 e. The first kappa shape index (κ1) is 13.5. The largest absolute Gasteiger partial charge is 0.416 e. The molecule has 0 saturated heterocycles. The quantitative estimate of drug-likeness (QED) is 0.777. The fraction of sp³-hybridized carbons (Fsp3) is 0.562. The Labute approximate surface area is 116 Å². The van der Waals surface area contributed by atoms with Crippen LogP contribution in [-0.4, -0.2) is 0 Å². The highest BCUT2D eigenvalue weighted by Gasteiger charge is 2.51. The van der Waals surface area contributed by atoms with Gasteiger partial charge in [0, 0.05) is 0 Å². The Morgan fingerprint density at radius 1 is 1.20 bits per heavy atom. The molecule has 3 rings (SSSR count). The van der Waals surface area contributed by atoms with E-state index in [-0.39, 0.29) is 5.41 Å². The lowest BCUT2D eigenvalue weighted by molar-refractivity contribution is -0.137. The first-order valence-corrected chi connectivity index (χ1v) is 7.00. The van der Waals surface area contributed by atoms with E-state index in [4.69, 9.17) is 0 Å². The molecule has 1 aromatic carbocycles. The number of hydrogen-bond acceptors (Lipinski definition) is 1. The Hall–Kier alpha value is -1.50. The Bertz CT molecular complexity index is 540. The van der Waals surface area contributed by atoms with Crippen LogP contribution in [0.25, 0.3) is 0 Å². The summed E-state index contributed by atoms with van der Waals surface area (Å²) in [5.74, 6) is 1.08. The predicted molar refractivity (Wildman–Crippen MR) is 68.6 cm³/mol. The second kappa shape index (κ2) is 4.51. The lowest BCUT2D eigenvalue weighted by Gasteiger charge is -2.31. The monoisotopic (exact) mass is 279 g/mol. The fourth-order valence-corrected chi connectivity index (χ4v) is 4.01. The molecule has 2 saturated carbocycles. The molecule has 0 heterocycles. The van der Waals surface area contributed by atoms with Crippen molar-refractivity contribution in [3.05, 3.63) is 35.4 Å². The second-order valence-electron chi connectivity index (χ2n) is 6.22. The van der Waals surface area contributed by atoms with Gasteiger partial charge in [0.1, 0.15) is 0 Å². The van der Waals surface area contributed by atoms with Crippen LogP contribution >= 0.6 is 0 Å². The highest BCUT2D eigenvalue weighted by molar-refractivity contribution is 5.28. The van der Waals surface area contributed by atoms with Crippen LogP contribution in [0.15, 0.2) is 24.3 Å². The number of alkyl halides is 3. The molecule has 0 aromatic heterocycles. The molecule has 20 heavy (non-hydrogen) atoms. The van der Waals surface area contributed by atoms with Gasteiger partial charge in [0.05, 0.1) is 17.0 Å². The lowest BCUT2D eigenvalue weighted by Crippen LogP contribution is -2.28. The SMILES string of the molecule is N#CC1(Cc2ccc(C(F)(F)F)cc2)CC2CCC1C2. The number of rotatable bonds is 2. The van der Waals surface area contributed by atoms with Gasteiger partial charge in [0.2, 0.25) is 0 Å². The maximum Gasteiger partial charge on any atom is 0.416 e. The van der Waals surface area contributed by atoms with Gasteiger partial charge in [-0.2, -0.15) is 18.4 Å². The molecular weight excluding hydrogens is 263 g/mol. The van der Waals surface area contributed by atoms with E-state index in [1.807, 2.05) is 0 Å². The van der Waals surface area contributed by atoms with E-state index in [1.54, 1.807) is 0 Å². The molecule has 0 amide bonds. The van der Waals surface area contributed by atoms with Crippen LogP contribution < -0.4 is 0 Å². The third-order valence-electron chi connectivity index (χ3n) is 5.00. The highest BCUT2D eigenvalue weighted by atomic mass is 19.4. The minimum atomic E-state index is -4.29. The van der Waals surface area contributed by atoms with Gasteiger partial charge < -0.3 is 0 Å². The Kier molecular flexibility index (Phi) is 3.04. The van der Waals surface area contributed by atoms with Crippen LogP contribution in [0.1, 0.15) is 36.8 Å². The molecule has 2 aliphatic rings. The van der Waals surface area contributed by atoms with Gasteiger partial charge in [0.15, 0.2) is 0 Å². The van der Waals surface area contributed by atoms with Crippen molar-refractivity contribution in [1.29, 1.82) is 5.26 Å². The number of hydrogen-bond donors (Lipinski definition) is 0. The van der Waals surface area contributed by atoms with Gasteiger partial charge in [-0.1, -0.05) is 18.6 Å². The summed E-state index contributed by atoms with van der Waals surface area (Å²) >= 11 is 0. The van der Waals surface area contributed by atoms with E-state index in [0.717, 1.165) is 37.0 Å². The molecule has 106 valence electrons. The molecule has 0 spiro atoms. The molecule has 1 aromatic rings. The van der Waals surface area contributed by atoms with Crippen molar-refractivity contribution in [2.24, 2.45) is 17.3 Å². The summed E-state index contributed by atoms with van der Waals surface area (Å²) in [6, 6.07) is 7.76. The number of benzene rings is 1. The zero-order valence-corrected chi connectivity index (χ0v) is 11.1. The Morgan fingerprint density at radius 2 is 1.90 bits per heavy atom. The van der Waals surface area contributed by atoms with Crippen molar-refractivity contribution in [2.45, 2.75) is 38.3 Å². The van der Waals surface area contributed by atoms with Crippen LogP contribution in [-0.2, 0) is 12.6 Å². The molecule has 3 atom stereocenters. The van der Waals surface area contributed by atoms with Gasteiger partial charge >= 0.3 is 6.18 Å². The van der Waals surface area contributed by atoms with Crippen LogP contribution in [0, 0.1) is 28.6 Å². The maximum atomic E-state index is 12.5. The van der Waals surface area contributed by atoms with E-state index in [0.29, 0.717) is 18.3 Å². The van der Waals surface area contributed by atoms with Crippen molar-refractivity contribution < 1.29 is 13.2 Å². The van der Waals surface area contributed by atoms with E-state index < -0.39 is 11.7 Å². The summed E-state index contributed by atoms with van der Waals surface area (Å²) in [7, 11) is 0. The average molecular weight is 279 g/mol. The van der Waals surface area contributed by atoms with Crippen molar-refractivity contribution in [3.63, 3.8) is 0 Å². The molecule has 2 bridgehead atoms. The van der Waals surface area contributed by atoms with Crippen LogP contribution in [0.4, 0.5) is 13.2 Å². The molecule has 2 aliphatic carbocycles. The van der Waals surface area contributed by atoms with Gasteiger partial charge in [-0.3, -0.25) is 0 Å². The third kappa shape index (κ3) is 2.19. The zero-order valence-electron chi connectivity index (χ0n) is 11.1. The number of nitrogens with zero attached hydrogens (tertiary/aromatic N) is 1. The average Bonchev–Trinajstić information content (AvgIpc) is 2.99. The molecular formula is C16H16F3N. The standard InChI is InChI=1S/C16H16F3N/c17-16(18,19)13-4-1-11(2-5-13)8-15(10-20)9-12-3-6-14(15)7-12/h1-2,4-5,12,14H,3,6-9H2. The minimum absolute atomic E-state index is 0.345. The Balaban J connectivity index is 1.79. The number of halogens is 3. The van der Waals surface area contributed by atoms with E-state index in [1.165, 1.54) is 18.6 Å². The third-order valence-corrected chi connectivity index (χ3v) is 5.00. The first-order chi connectivity index (χ1) is 9.43. The molecule has 2 fully saturated rings. The number of nitriles is 1. The summed E-state index contributed by atoms with van der Waals surface area (Å²) in [5, 5.41) is 9.55. The normalized spacial score (nSPS) is 32.3. The molecule has 0 aliphatic heterocycles. The summed E-state index contributed by atoms with van der Waals surface area (Å²) < 4.78 is 37.6. The van der Waals surface area contributed by atoms with Gasteiger partial charge in [-0.15, -0.1) is 0 Å². The van der Waals surface area contributed by atoms with Crippen molar-refractivity contribution in [2.75, 3.05) is 0 Å². The Morgan fingerprint density at radius 3 is 2.35 bits per heavy atom. The fourth-order valence-electron chi connectivity index (χ4n) is 4.01. The van der Waals surface area contributed by atoms with Crippen LogP contribution in [0.5, 0.6) is 0 Å². The summed E-state index contributed by atoms with van der Waals surface area (Å²) in [5.41, 5.74) is -0.129. The molecule has 3 unspecified atom stereocenters. The van der Waals surface area contributed by atoms with E-state index in [9.17, 15) is 18.4 Å². The van der Waals surface area contributed by atoms with Gasteiger partial charge in [-0.05, 0) is 55.2 Å². The predicted octanol–water partition coefficient (Wildman–Crippen LogP) is 4.58. The number of fused-ring (bicyclic) bond motifs is 2. The lowest BCUT2D eigenvalue weighted by atomic mass is 9.70. The van der Waals surface area contributed by atoms with Crippen molar-refractivity contribution >= 4 is 0 Å². The topological polar surface area (TPSA) is 23.8 Å². The van der Waals surface area contributed by atoms with E-state index >= 15 is 0 Å². The molecule has 0 N–H and O–H groups in total. The molecule has 0 radical (unpaired) electrons. The molecule has 1 nitrogen and oxygen atoms in total. The van der Waals surface area contributed by atoms with Gasteiger partial charge in [0.25, 0.3) is 0 Å². The minimum Gasteiger partial charge on any atom is -0.198 e. The van der Waals surface area contributed by atoms with Gasteiger partial charge in [-0.25, -0.2) is 0 Å².